The van der Waals surface area contributed by atoms with Gasteiger partial charge in [-0.25, -0.2) is 4.98 Å². The number of aromatic nitrogens is 1. The van der Waals surface area contributed by atoms with Crippen molar-refractivity contribution in [2.45, 2.75) is 45.2 Å². The van der Waals surface area contributed by atoms with Crippen molar-refractivity contribution in [1.29, 1.82) is 0 Å². The Labute approximate surface area is 103 Å². The van der Waals surface area contributed by atoms with Crippen LogP contribution in [0.1, 0.15) is 38.3 Å². The third kappa shape index (κ3) is 4.60. The van der Waals surface area contributed by atoms with E-state index in [-0.39, 0.29) is 0 Å². The van der Waals surface area contributed by atoms with Crippen molar-refractivity contribution < 1.29 is 0 Å². The van der Waals surface area contributed by atoms with Crippen LogP contribution in [0, 0.1) is 0 Å². The van der Waals surface area contributed by atoms with Crippen LogP contribution in [0.25, 0.3) is 0 Å². The zero-order valence-electron chi connectivity index (χ0n) is 10.4. The lowest BCUT2D eigenvalue weighted by atomic mass is 10.1. The molecular weight excluding hydrogens is 218 g/mol. The highest BCUT2D eigenvalue weighted by molar-refractivity contribution is 7.07. The molecule has 1 atom stereocenters. The molecule has 0 aliphatic carbocycles. The molecule has 1 rings (SSSR count). The fourth-order valence-corrected chi connectivity index (χ4v) is 2.40. The van der Waals surface area contributed by atoms with Crippen LogP contribution < -0.4 is 5.73 Å². The van der Waals surface area contributed by atoms with Gasteiger partial charge in [0.2, 0.25) is 0 Å². The third-order valence-electron chi connectivity index (χ3n) is 2.93. The average molecular weight is 241 g/mol. The van der Waals surface area contributed by atoms with Gasteiger partial charge in [-0.15, -0.1) is 11.3 Å². The van der Waals surface area contributed by atoms with E-state index in [1.807, 2.05) is 5.51 Å². The van der Waals surface area contributed by atoms with Gasteiger partial charge < -0.3 is 5.73 Å². The van der Waals surface area contributed by atoms with Crippen molar-refractivity contribution in [3.63, 3.8) is 0 Å². The maximum Gasteiger partial charge on any atom is 0.0795 e. The Morgan fingerprint density at radius 1 is 1.50 bits per heavy atom. The van der Waals surface area contributed by atoms with E-state index >= 15 is 0 Å². The number of hydrogen-bond acceptors (Lipinski definition) is 4. The first-order valence-corrected chi connectivity index (χ1v) is 6.99. The summed E-state index contributed by atoms with van der Waals surface area (Å²) in [6.07, 6.45) is 5.05. The van der Waals surface area contributed by atoms with Crippen LogP contribution in [0.3, 0.4) is 0 Å². The fraction of sp³-hybridized carbons (Fsp3) is 0.750. The second-order valence-corrected chi connectivity index (χ2v) is 5.00. The summed E-state index contributed by atoms with van der Waals surface area (Å²) >= 11 is 1.65. The molecular formula is C12H23N3S. The number of nitrogens with zero attached hydrogens (tertiary/aromatic N) is 2. The molecule has 1 unspecified atom stereocenters. The van der Waals surface area contributed by atoms with E-state index in [2.05, 4.69) is 29.2 Å². The summed E-state index contributed by atoms with van der Waals surface area (Å²) in [6, 6.07) is 0.494. The van der Waals surface area contributed by atoms with Crippen molar-refractivity contribution >= 4 is 11.3 Å². The van der Waals surface area contributed by atoms with Gasteiger partial charge in [0, 0.05) is 24.5 Å². The van der Waals surface area contributed by atoms with Crippen molar-refractivity contribution in [3.8, 4) is 0 Å². The molecule has 0 amide bonds. The molecule has 4 heteroatoms. The molecule has 0 fully saturated rings. The zero-order valence-corrected chi connectivity index (χ0v) is 11.2. The number of likely N-dealkylation sites (N-methyl/N-ethyl adjacent to an activating group) is 1. The molecule has 92 valence electrons. The van der Waals surface area contributed by atoms with Gasteiger partial charge in [0.15, 0.2) is 0 Å². The minimum Gasteiger partial charge on any atom is -0.329 e. The Morgan fingerprint density at radius 3 is 2.88 bits per heavy atom. The minimum atomic E-state index is 0.494. The highest BCUT2D eigenvalue weighted by Gasteiger charge is 2.13. The van der Waals surface area contributed by atoms with Crippen molar-refractivity contribution in [3.05, 3.63) is 16.6 Å². The van der Waals surface area contributed by atoms with Gasteiger partial charge in [-0.3, -0.25) is 4.90 Å². The first kappa shape index (κ1) is 13.6. The lowest BCUT2D eigenvalue weighted by molar-refractivity contribution is 0.221. The smallest absolute Gasteiger partial charge is 0.0795 e. The van der Waals surface area contributed by atoms with Crippen LogP contribution in [0.15, 0.2) is 10.9 Å². The standard InChI is InChI=1S/C12H23N3S/c1-3-4-5-6-12(7-13)15(2)8-11-9-16-10-14-11/h9-10,12H,3-8,13H2,1-2H3. The predicted octanol–water partition coefficient (Wildman–Crippen LogP) is 2.48. The van der Waals surface area contributed by atoms with Gasteiger partial charge in [-0.2, -0.15) is 0 Å². The van der Waals surface area contributed by atoms with Crippen LogP contribution in [0.2, 0.25) is 0 Å². The second-order valence-electron chi connectivity index (χ2n) is 4.28. The molecule has 0 aromatic carbocycles. The number of unbranched alkanes of at least 4 members (excludes halogenated alkanes) is 2. The van der Waals surface area contributed by atoms with Crippen LogP contribution in [0.4, 0.5) is 0 Å². The predicted molar refractivity (Wildman–Crippen MR) is 70.6 cm³/mol. The number of rotatable bonds is 8. The van der Waals surface area contributed by atoms with Crippen LogP contribution in [0.5, 0.6) is 0 Å². The van der Waals surface area contributed by atoms with E-state index < -0.39 is 0 Å². The molecule has 3 nitrogen and oxygen atoms in total. The van der Waals surface area contributed by atoms with Crippen molar-refractivity contribution in [1.82, 2.24) is 9.88 Å². The molecule has 0 aliphatic rings. The van der Waals surface area contributed by atoms with Gasteiger partial charge in [0.1, 0.15) is 0 Å². The number of hydrogen-bond donors (Lipinski definition) is 1. The summed E-state index contributed by atoms with van der Waals surface area (Å²) in [6.45, 7) is 3.89. The maximum absolute atomic E-state index is 5.83. The van der Waals surface area contributed by atoms with Crippen molar-refractivity contribution in [2.75, 3.05) is 13.6 Å². The average Bonchev–Trinajstić information content (AvgIpc) is 2.77. The molecule has 1 aromatic rings. The lowest BCUT2D eigenvalue weighted by Gasteiger charge is -2.26. The summed E-state index contributed by atoms with van der Waals surface area (Å²) in [5.41, 5.74) is 8.87. The van der Waals surface area contributed by atoms with Gasteiger partial charge in [0.25, 0.3) is 0 Å². The molecule has 0 aliphatic heterocycles. The number of nitrogens with two attached hydrogens (primary N) is 1. The van der Waals surface area contributed by atoms with Gasteiger partial charge in [0.05, 0.1) is 11.2 Å². The van der Waals surface area contributed by atoms with E-state index in [1.54, 1.807) is 11.3 Å². The quantitative estimate of drug-likeness (QED) is 0.711. The van der Waals surface area contributed by atoms with Crippen LogP contribution in [-0.2, 0) is 6.54 Å². The molecule has 0 spiro atoms. The third-order valence-corrected chi connectivity index (χ3v) is 3.57. The Morgan fingerprint density at radius 2 is 2.31 bits per heavy atom. The van der Waals surface area contributed by atoms with E-state index in [1.165, 1.54) is 25.7 Å². The Kier molecular flexibility index (Phi) is 6.61. The maximum atomic E-state index is 5.83. The summed E-state index contributed by atoms with van der Waals surface area (Å²) in [4.78, 5) is 6.63. The van der Waals surface area contributed by atoms with E-state index in [9.17, 15) is 0 Å². The molecule has 1 aromatic heterocycles. The van der Waals surface area contributed by atoms with Crippen molar-refractivity contribution in [2.24, 2.45) is 5.73 Å². The monoisotopic (exact) mass is 241 g/mol. The molecule has 1 heterocycles. The molecule has 0 saturated carbocycles. The second kappa shape index (κ2) is 7.76. The Bertz CT molecular complexity index is 261. The van der Waals surface area contributed by atoms with E-state index in [0.717, 1.165) is 18.8 Å². The highest BCUT2D eigenvalue weighted by Crippen LogP contribution is 2.11. The largest absolute Gasteiger partial charge is 0.329 e. The van der Waals surface area contributed by atoms with Gasteiger partial charge in [-0.1, -0.05) is 26.2 Å². The molecule has 0 bridgehead atoms. The first-order chi connectivity index (χ1) is 7.77. The normalized spacial score (nSPS) is 13.2. The van der Waals surface area contributed by atoms with Crippen LogP contribution in [-0.4, -0.2) is 29.5 Å². The SMILES string of the molecule is CCCCCC(CN)N(C)Cc1cscn1. The zero-order chi connectivity index (χ0) is 11.8. The summed E-state index contributed by atoms with van der Waals surface area (Å²) < 4.78 is 0. The summed E-state index contributed by atoms with van der Waals surface area (Å²) in [5, 5.41) is 2.11. The highest BCUT2D eigenvalue weighted by atomic mass is 32.1. The van der Waals surface area contributed by atoms with E-state index in [4.69, 9.17) is 5.73 Å². The molecule has 0 saturated heterocycles. The molecule has 0 radical (unpaired) electrons. The molecule has 2 N–H and O–H groups in total. The summed E-state index contributed by atoms with van der Waals surface area (Å²) in [5.74, 6) is 0. The first-order valence-electron chi connectivity index (χ1n) is 6.05. The Hall–Kier alpha value is -0.450. The minimum absolute atomic E-state index is 0.494. The van der Waals surface area contributed by atoms with Gasteiger partial charge in [-0.05, 0) is 13.5 Å². The Balaban J connectivity index is 2.33. The number of thiazole rings is 1. The fourth-order valence-electron chi connectivity index (χ4n) is 1.85. The topological polar surface area (TPSA) is 42.1 Å². The summed E-state index contributed by atoms with van der Waals surface area (Å²) in [7, 11) is 2.14. The lowest BCUT2D eigenvalue weighted by Crippen LogP contribution is -2.37. The van der Waals surface area contributed by atoms with Crippen LogP contribution >= 0.6 is 11.3 Å². The van der Waals surface area contributed by atoms with Gasteiger partial charge >= 0.3 is 0 Å². The molecule has 16 heavy (non-hydrogen) atoms. The van der Waals surface area contributed by atoms with E-state index in [0.29, 0.717) is 6.04 Å².